The van der Waals surface area contributed by atoms with E-state index in [4.69, 9.17) is 0 Å². The molecule has 3 rings (SSSR count). The monoisotopic (exact) mass is 361 g/mol. The summed E-state index contributed by atoms with van der Waals surface area (Å²) in [6.45, 7) is 1.60. The molecular formula is C18H17F2N3O3. The minimum absolute atomic E-state index is 0.0213. The lowest BCUT2D eigenvalue weighted by Crippen LogP contribution is -2.31. The van der Waals surface area contributed by atoms with Gasteiger partial charge < -0.3 is 10.2 Å². The molecule has 26 heavy (non-hydrogen) atoms. The molecule has 1 unspecified atom stereocenters. The van der Waals surface area contributed by atoms with Crippen LogP contribution in [0.2, 0.25) is 0 Å². The standard InChI is InChI=1S/C18H17F2N3O3/c19-15-6-5-13(9-16(15)20)22-8-7-12(11-22)10-21-18(24)14-3-1-2-4-17(14)23(25)26/h1-6,9,12H,7-8,10-11H2,(H,21,24). The quantitative estimate of drug-likeness (QED) is 0.656. The van der Waals surface area contributed by atoms with Crippen LogP contribution in [0.1, 0.15) is 16.8 Å². The van der Waals surface area contributed by atoms with Gasteiger partial charge in [-0.2, -0.15) is 0 Å². The summed E-state index contributed by atoms with van der Waals surface area (Å²) in [6, 6.07) is 9.55. The number of nitrogens with one attached hydrogen (secondary N) is 1. The Labute approximate surface area is 148 Å². The third-order valence-corrected chi connectivity index (χ3v) is 4.45. The zero-order valence-electron chi connectivity index (χ0n) is 13.8. The Morgan fingerprint density at radius 2 is 2.00 bits per heavy atom. The van der Waals surface area contributed by atoms with E-state index in [1.807, 2.05) is 4.90 Å². The van der Waals surface area contributed by atoms with Crippen LogP contribution in [0.3, 0.4) is 0 Å². The zero-order valence-corrected chi connectivity index (χ0v) is 13.8. The van der Waals surface area contributed by atoms with Gasteiger partial charge in [-0.25, -0.2) is 8.78 Å². The van der Waals surface area contributed by atoms with Crippen molar-refractivity contribution in [3.8, 4) is 0 Å². The lowest BCUT2D eigenvalue weighted by molar-refractivity contribution is -0.385. The van der Waals surface area contributed by atoms with Gasteiger partial charge in [0.15, 0.2) is 11.6 Å². The van der Waals surface area contributed by atoms with Gasteiger partial charge >= 0.3 is 0 Å². The maximum absolute atomic E-state index is 13.4. The second-order valence-electron chi connectivity index (χ2n) is 6.18. The highest BCUT2D eigenvalue weighted by molar-refractivity contribution is 5.98. The molecule has 1 heterocycles. The van der Waals surface area contributed by atoms with Crippen LogP contribution in [0.4, 0.5) is 20.2 Å². The lowest BCUT2D eigenvalue weighted by Gasteiger charge is -2.19. The van der Waals surface area contributed by atoms with Crippen molar-refractivity contribution in [2.45, 2.75) is 6.42 Å². The second kappa shape index (κ2) is 7.47. The summed E-state index contributed by atoms with van der Waals surface area (Å²) in [4.78, 5) is 24.6. The molecule has 0 bridgehead atoms. The molecule has 8 heteroatoms. The van der Waals surface area contributed by atoms with Gasteiger partial charge in [-0.15, -0.1) is 0 Å². The number of nitro groups is 1. The molecule has 1 saturated heterocycles. The topological polar surface area (TPSA) is 75.5 Å². The third-order valence-electron chi connectivity index (χ3n) is 4.45. The molecule has 0 aliphatic carbocycles. The van der Waals surface area contributed by atoms with E-state index in [2.05, 4.69) is 5.32 Å². The van der Waals surface area contributed by atoms with Crippen molar-refractivity contribution in [1.82, 2.24) is 5.32 Å². The van der Waals surface area contributed by atoms with Crippen LogP contribution in [0, 0.1) is 27.7 Å². The van der Waals surface area contributed by atoms with Crippen molar-refractivity contribution < 1.29 is 18.5 Å². The number of amides is 1. The fourth-order valence-corrected chi connectivity index (χ4v) is 3.07. The van der Waals surface area contributed by atoms with Gasteiger partial charge in [0, 0.05) is 37.5 Å². The number of nitrogens with zero attached hydrogens (tertiary/aromatic N) is 2. The van der Waals surface area contributed by atoms with Gasteiger partial charge in [-0.05, 0) is 30.5 Å². The van der Waals surface area contributed by atoms with Gasteiger partial charge in [-0.3, -0.25) is 14.9 Å². The number of carbonyl (C=O) groups is 1. The average molecular weight is 361 g/mol. The average Bonchev–Trinajstić information content (AvgIpc) is 3.11. The maximum Gasteiger partial charge on any atom is 0.282 e. The number of para-hydroxylation sites is 1. The van der Waals surface area contributed by atoms with Crippen LogP contribution in [0.25, 0.3) is 0 Å². The summed E-state index contributed by atoms with van der Waals surface area (Å²) in [5, 5.41) is 13.7. The van der Waals surface area contributed by atoms with Crippen molar-refractivity contribution in [2.75, 3.05) is 24.5 Å². The van der Waals surface area contributed by atoms with Crippen LogP contribution < -0.4 is 10.2 Å². The first kappa shape index (κ1) is 17.8. The second-order valence-corrected chi connectivity index (χ2v) is 6.18. The molecule has 0 aromatic heterocycles. The SMILES string of the molecule is O=C(NCC1CCN(c2ccc(F)c(F)c2)C1)c1ccccc1[N+](=O)[O-]. The Bertz CT molecular complexity index is 844. The first-order valence-electron chi connectivity index (χ1n) is 8.17. The highest BCUT2D eigenvalue weighted by Gasteiger charge is 2.25. The van der Waals surface area contributed by atoms with E-state index in [1.54, 1.807) is 6.07 Å². The molecule has 2 aromatic carbocycles. The minimum Gasteiger partial charge on any atom is -0.371 e. The maximum atomic E-state index is 13.4. The number of hydrogen-bond acceptors (Lipinski definition) is 4. The minimum atomic E-state index is -0.893. The zero-order chi connectivity index (χ0) is 18.7. The highest BCUT2D eigenvalue weighted by atomic mass is 19.2. The molecular weight excluding hydrogens is 344 g/mol. The van der Waals surface area contributed by atoms with Crippen molar-refractivity contribution in [3.63, 3.8) is 0 Å². The van der Waals surface area contributed by atoms with Crippen molar-refractivity contribution >= 4 is 17.3 Å². The van der Waals surface area contributed by atoms with E-state index in [0.29, 0.717) is 25.3 Å². The fraction of sp³-hybridized carbons (Fsp3) is 0.278. The van der Waals surface area contributed by atoms with Crippen molar-refractivity contribution in [1.29, 1.82) is 0 Å². The molecule has 136 valence electrons. The lowest BCUT2D eigenvalue weighted by atomic mass is 10.1. The van der Waals surface area contributed by atoms with E-state index in [-0.39, 0.29) is 17.2 Å². The predicted molar refractivity (Wildman–Crippen MR) is 92.1 cm³/mol. The van der Waals surface area contributed by atoms with Crippen LogP contribution in [-0.4, -0.2) is 30.5 Å². The van der Waals surface area contributed by atoms with Gasteiger partial charge in [0.1, 0.15) is 5.56 Å². The van der Waals surface area contributed by atoms with E-state index >= 15 is 0 Å². The van der Waals surface area contributed by atoms with E-state index in [0.717, 1.165) is 18.6 Å². The summed E-state index contributed by atoms with van der Waals surface area (Å²) in [5.74, 6) is -2.16. The highest BCUT2D eigenvalue weighted by Crippen LogP contribution is 2.25. The summed E-state index contributed by atoms with van der Waals surface area (Å²) >= 11 is 0. The molecule has 1 amide bonds. The normalized spacial score (nSPS) is 16.5. The molecule has 1 atom stereocenters. The first-order valence-corrected chi connectivity index (χ1v) is 8.17. The molecule has 0 spiro atoms. The van der Waals surface area contributed by atoms with Crippen LogP contribution in [0.15, 0.2) is 42.5 Å². The molecule has 1 aliphatic heterocycles. The summed E-state index contributed by atoms with van der Waals surface area (Å²) in [6.07, 6.45) is 0.774. The largest absolute Gasteiger partial charge is 0.371 e. The molecule has 2 aromatic rings. The predicted octanol–water partition coefficient (Wildman–Crippen LogP) is 3.13. The van der Waals surface area contributed by atoms with Gasteiger partial charge in [-0.1, -0.05) is 12.1 Å². The Hall–Kier alpha value is -3.03. The van der Waals surface area contributed by atoms with E-state index < -0.39 is 22.5 Å². The smallest absolute Gasteiger partial charge is 0.282 e. The molecule has 1 aliphatic rings. The molecule has 0 saturated carbocycles. The Morgan fingerprint density at radius 3 is 2.73 bits per heavy atom. The summed E-state index contributed by atoms with van der Waals surface area (Å²) in [7, 11) is 0. The molecule has 6 nitrogen and oxygen atoms in total. The molecule has 1 N–H and O–H groups in total. The first-order chi connectivity index (χ1) is 12.5. The van der Waals surface area contributed by atoms with Crippen LogP contribution in [0.5, 0.6) is 0 Å². The molecule has 0 radical (unpaired) electrons. The van der Waals surface area contributed by atoms with E-state index in [1.165, 1.54) is 24.3 Å². The number of anilines is 1. The summed E-state index contributed by atoms with van der Waals surface area (Å²) < 4.78 is 26.4. The number of rotatable bonds is 5. The fourth-order valence-electron chi connectivity index (χ4n) is 3.07. The number of hydrogen-bond donors (Lipinski definition) is 1. The van der Waals surface area contributed by atoms with Gasteiger partial charge in [0.25, 0.3) is 11.6 Å². The number of carbonyl (C=O) groups excluding carboxylic acids is 1. The molecule has 1 fully saturated rings. The number of nitro benzene ring substituents is 1. The van der Waals surface area contributed by atoms with Gasteiger partial charge in [0.05, 0.1) is 4.92 Å². The number of benzene rings is 2. The van der Waals surface area contributed by atoms with Crippen LogP contribution >= 0.6 is 0 Å². The van der Waals surface area contributed by atoms with Crippen molar-refractivity contribution in [2.24, 2.45) is 5.92 Å². The Kier molecular flexibility index (Phi) is 5.11. The van der Waals surface area contributed by atoms with Gasteiger partial charge in [0.2, 0.25) is 0 Å². The summed E-state index contributed by atoms with van der Waals surface area (Å²) in [5.41, 5.74) is 0.379. The van der Waals surface area contributed by atoms with Crippen molar-refractivity contribution in [3.05, 3.63) is 69.8 Å². The Morgan fingerprint density at radius 1 is 1.23 bits per heavy atom. The number of halogens is 2. The third kappa shape index (κ3) is 3.79. The van der Waals surface area contributed by atoms with Crippen LogP contribution in [-0.2, 0) is 0 Å². The Balaban J connectivity index is 1.59. The van der Waals surface area contributed by atoms with E-state index in [9.17, 15) is 23.7 Å².